The Morgan fingerprint density at radius 2 is 2.12 bits per heavy atom. The Kier molecular flexibility index (Phi) is 5.67. The summed E-state index contributed by atoms with van der Waals surface area (Å²) in [6.45, 7) is 6.23. The second kappa shape index (κ2) is 7.80. The number of anilines is 1. The van der Waals surface area contributed by atoms with Crippen molar-refractivity contribution in [3.8, 4) is 0 Å². The van der Waals surface area contributed by atoms with Crippen LogP contribution in [-0.4, -0.2) is 49.8 Å². The summed E-state index contributed by atoms with van der Waals surface area (Å²) in [5.74, 6) is 0.473. The molecule has 26 heavy (non-hydrogen) atoms. The molecule has 1 N–H and O–H groups in total. The highest BCUT2D eigenvalue weighted by atomic mass is 19.4. The average Bonchev–Trinajstić information content (AvgIpc) is 3.04. The van der Waals surface area contributed by atoms with E-state index in [1.54, 1.807) is 7.11 Å². The Hall–Kier alpha value is -1.86. The van der Waals surface area contributed by atoms with Crippen LogP contribution in [0.1, 0.15) is 17.7 Å². The zero-order chi connectivity index (χ0) is 18.7. The van der Waals surface area contributed by atoms with Gasteiger partial charge in [0.05, 0.1) is 17.7 Å². The highest BCUT2D eigenvalue weighted by molar-refractivity contribution is 5.92. The molecule has 1 aromatic heterocycles. The SMILES string of the molecule is COCCN1CCC(CNc2cc(C)nc3ccc(C(F)(F)F)cc23)C1. The number of likely N-dealkylation sites (tertiary alicyclic amines) is 1. The number of halogens is 3. The van der Waals surface area contributed by atoms with Gasteiger partial charge < -0.3 is 15.0 Å². The lowest BCUT2D eigenvalue weighted by Gasteiger charge is -2.17. The number of hydrogen-bond acceptors (Lipinski definition) is 4. The summed E-state index contributed by atoms with van der Waals surface area (Å²) in [6.07, 6.45) is -3.28. The van der Waals surface area contributed by atoms with E-state index < -0.39 is 11.7 Å². The fourth-order valence-corrected chi connectivity index (χ4v) is 3.44. The molecule has 0 radical (unpaired) electrons. The van der Waals surface area contributed by atoms with E-state index in [1.165, 1.54) is 12.1 Å². The van der Waals surface area contributed by atoms with Crippen molar-refractivity contribution in [1.29, 1.82) is 0 Å². The van der Waals surface area contributed by atoms with Crippen LogP contribution in [0.5, 0.6) is 0 Å². The first-order valence-electron chi connectivity index (χ1n) is 8.80. The molecule has 1 aliphatic rings. The number of rotatable bonds is 6. The number of benzene rings is 1. The standard InChI is InChI=1S/C19H24F3N3O/c1-13-9-18(23-11-14-5-6-25(12-14)7-8-26-2)16-10-15(19(20,21)22)3-4-17(16)24-13/h3-4,9-10,14H,5-8,11-12H2,1-2H3,(H,23,24). The number of hydrogen-bond donors (Lipinski definition) is 1. The number of methoxy groups -OCH3 is 1. The zero-order valence-corrected chi connectivity index (χ0v) is 15.1. The molecule has 0 saturated carbocycles. The Bertz CT molecular complexity index is 764. The van der Waals surface area contributed by atoms with E-state index in [4.69, 9.17) is 4.74 Å². The van der Waals surface area contributed by atoms with Gasteiger partial charge in [-0.1, -0.05) is 0 Å². The molecule has 0 amide bonds. The topological polar surface area (TPSA) is 37.4 Å². The number of alkyl halides is 3. The molecule has 1 aliphatic heterocycles. The summed E-state index contributed by atoms with van der Waals surface area (Å²) in [7, 11) is 1.70. The van der Waals surface area contributed by atoms with Crippen LogP contribution in [0.15, 0.2) is 24.3 Å². The van der Waals surface area contributed by atoms with Gasteiger partial charge in [-0.25, -0.2) is 0 Å². The van der Waals surface area contributed by atoms with Gasteiger partial charge in [0.15, 0.2) is 0 Å². The Balaban J connectivity index is 1.75. The van der Waals surface area contributed by atoms with Crippen LogP contribution in [0.4, 0.5) is 18.9 Å². The third kappa shape index (κ3) is 4.45. The van der Waals surface area contributed by atoms with Crippen molar-refractivity contribution in [2.45, 2.75) is 19.5 Å². The number of ether oxygens (including phenoxy) is 1. The first-order valence-corrected chi connectivity index (χ1v) is 8.80. The minimum Gasteiger partial charge on any atom is -0.384 e. The van der Waals surface area contributed by atoms with Gasteiger partial charge in [0.2, 0.25) is 0 Å². The first-order chi connectivity index (χ1) is 12.4. The molecule has 2 heterocycles. The molecule has 1 saturated heterocycles. The summed E-state index contributed by atoms with van der Waals surface area (Å²) in [5.41, 5.74) is 1.43. The van der Waals surface area contributed by atoms with Gasteiger partial charge in [0.1, 0.15) is 0 Å². The maximum absolute atomic E-state index is 13.0. The molecule has 4 nitrogen and oxygen atoms in total. The van der Waals surface area contributed by atoms with Crippen molar-refractivity contribution in [2.24, 2.45) is 5.92 Å². The van der Waals surface area contributed by atoms with Crippen LogP contribution in [0.3, 0.4) is 0 Å². The number of aromatic nitrogens is 1. The molecule has 1 atom stereocenters. The minimum absolute atomic E-state index is 0.473. The van der Waals surface area contributed by atoms with Crippen molar-refractivity contribution in [3.05, 3.63) is 35.5 Å². The van der Waals surface area contributed by atoms with Crippen LogP contribution in [0, 0.1) is 12.8 Å². The van der Waals surface area contributed by atoms with Gasteiger partial charge in [-0.15, -0.1) is 0 Å². The summed E-state index contributed by atoms with van der Waals surface area (Å²) in [4.78, 5) is 6.71. The summed E-state index contributed by atoms with van der Waals surface area (Å²) in [5, 5.41) is 3.87. The summed E-state index contributed by atoms with van der Waals surface area (Å²) >= 11 is 0. The fourth-order valence-electron chi connectivity index (χ4n) is 3.44. The van der Waals surface area contributed by atoms with E-state index in [0.29, 0.717) is 29.1 Å². The second-order valence-corrected chi connectivity index (χ2v) is 6.87. The number of aryl methyl sites for hydroxylation is 1. The smallest absolute Gasteiger partial charge is 0.384 e. The third-order valence-corrected chi connectivity index (χ3v) is 4.83. The van der Waals surface area contributed by atoms with E-state index in [2.05, 4.69) is 15.2 Å². The molecule has 0 spiro atoms. The van der Waals surface area contributed by atoms with E-state index in [9.17, 15) is 13.2 Å². The average molecular weight is 367 g/mol. The Morgan fingerprint density at radius 3 is 2.85 bits per heavy atom. The van der Waals surface area contributed by atoms with E-state index >= 15 is 0 Å². The highest BCUT2D eigenvalue weighted by Gasteiger charge is 2.31. The lowest BCUT2D eigenvalue weighted by atomic mass is 10.1. The van der Waals surface area contributed by atoms with Crippen LogP contribution < -0.4 is 5.32 Å². The van der Waals surface area contributed by atoms with Crippen LogP contribution in [0.2, 0.25) is 0 Å². The molecule has 7 heteroatoms. The third-order valence-electron chi connectivity index (χ3n) is 4.83. The molecule has 0 aliphatic carbocycles. The van der Waals surface area contributed by atoms with Crippen molar-refractivity contribution < 1.29 is 17.9 Å². The predicted molar refractivity (Wildman–Crippen MR) is 96.4 cm³/mol. The van der Waals surface area contributed by atoms with Crippen molar-refractivity contribution in [3.63, 3.8) is 0 Å². The van der Waals surface area contributed by atoms with E-state index in [1.807, 2.05) is 13.0 Å². The maximum Gasteiger partial charge on any atom is 0.416 e. The number of pyridine rings is 1. The molecular formula is C19H24F3N3O. The van der Waals surface area contributed by atoms with E-state index in [0.717, 1.165) is 44.4 Å². The molecule has 2 aromatic rings. The highest BCUT2D eigenvalue weighted by Crippen LogP contribution is 2.33. The Morgan fingerprint density at radius 1 is 1.31 bits per heavy atom. The van der Waals surface area contributed by atoms with Crippen LogP contribution >= 0.6 is 0 Å². The molecule has 1 fully saturated rings. The molecule has 1 aromatic carbocycles. The quantitative estimate of drug-likeness (QED) is 0.839. The summed E-state index contributed by atoms with van der Waals surface area (Å²) < 4.78 is 44.3. The van der Waals surface area contributed by atoms with Crippen molar-refractivity contribution >= 4 is 16.6 Å². The number of fused-ring (bicyclic) bond motifs is 1. The molecule has 3 rings (SSSR count). The second-order valence-electron chi connectivity index (χ2n) is 6.87. The van der Waals surface area contributed by atoms with Gasteiger partial charge in [-0.05, 0) is 50.1 Å². The van der Waals surface area contributed by atoms with E-state index in [-0.39, 0.29) is 0 Å². The van der Waals surface area contributed by atoms with Gasteiger partial charge >= 0.3 is 6.18 Å². The number of nitrogens with zero attached hydrogens (tertiary/aromatic N) is 2. The molecule has 142 valence electrons. The van der Waals surface area contributed by atoms with Gasteiger partial charge in [-0.3, -0.25) is 4.98 Å². The molecular weight excluding hydrogens is 343 g/mol. The predicted octanol–water partition coefficient (Wildman–Crippen LogP) is 3.94. The molecule has 0 bridgehead atoms. The minimum atomic E-state index is -4.36. The maximum atomic E-state index is 13.0. The van der Waals surface area contributed by atoms with Gasteiger partial charge in [-0.2, -0.15) is 13.2 Å². The van der Waals surface area contributed by atoms with Crippen molar-refractivity contribution in [1.82, 2.24) is 9.88 Å². The Labute approximate surface area is 151 Å². The van der Waals surface area contributed by atoms with Crippen LogP contribution in [-0.2, 0) is 10.9 Å². The van der Waals surface area contributed by atoms with Crippen LogP contribution in [0.25, 0.3) is 10.9 Å². The zero-order valence-electron chi connectivity index (χ0n) is 15.1. The summed E-state index contributed by atoms with van der Waals surface area (Å²) in [6, 6.07) is 5.53. The monoisotopic (exact) mass is 367 g/mol. The van der Waals surface area contributed by atoms with Crippen molar-refractivity contribution in [2.75, 3.05) is 45.2 Å². The van der Waals surface area contributed by atoms with Gasteiger partial charge in [0.25, 0.3) is 0 Å². The lowest BCUT2D eigenvalue weighted by molar-refractivity contribution is -0.137. The normalized spacial score (nSPS) is 18.6. The fraction of sp³-hybridized carbons (Fsp3) is 0.526. The molecule has 1 unspecified atom stereocenters. The van der Waals surface area contributed by atoms with Gasteiger partial charge in [0, 0.05) is 43.5 Å². The lowest BCUT2D eigenvalue weighted by Crippen LogP contribution is -2.26. The largest absolute Gasteiger partial charge is 0.416 e. The first kappa shape index (κ1) is 18.9. The number of nitrogens with one attached hydrogen (secondary N) is 1.